The molecule has 2 rings (SSSR count). The minimum atomic E-state index is -0.387. The van der Waals surface area contributed by atoms with Crippen LogP contribution in [0, 0.1) is 3.57 Å². The van der Waals surface area contributed by atoms with Gasteiger partial charge in [-0.1, -0.05) is 0 Å². The van der Waals surface area contributed by atoms with E-state index in [-0.39, 0.29) is 11.8 Å². The highest BCUT2D eigenvalue weighted by molar-refractivity contribution is 14.1. The topological polar surface area (TPSA) is 30.9 Å². The van der Waals surface area contributed by atoms with Crippen LogP contribution < -0.4 is 9.64 Å². The zero-order chi connectivity index (χ0) is 14.8. The highest BCUT2D eigenvalue weighted by atomic mass is 127. The zero-order valence-corrected chi connectivity index (χ0v) is 14.6. The molecule has 1 unspecified atom stereocenters. The van der Waals surface area contributed by atoms with Gasteiger partial charge in [0.1, 0.15) is 11.4 Å². The number of methoxy groups -OCH3 is 2. The highest BCUT2D eigenvalue weighted by Gasteiger charge is 2.42. The Morgan fingerprint density at radius 1 is 1.35 bits per heavy atom. The molecule has 0 aromatic heterocycles. The van der Waals surface area contributed by atoms with Crippen LogP contribution in [-0.4, -0.2) is 39.2 Å². The van der Waals surface area contributed by atoms with Gasteiger partial charge in [-0.25, -0.2) is 0 Å². The predicted molar refractivity (Wildman–Crippen MR) is 88.5 cm³/mol. The average Bonchev–Trinajstić information content (AvgIpc) is 2.39. The molecule has 5 heteroatoms. The lowest BCUT2D eigenvalue weighted by atomic mass is 10.0. The molecule has 0 amide bonds. The van der Waals surface area contributed by atoms with Crippen molar-refractivity contribution in [2.75, 3.05) is 32.3 Å². The fourth-order valence-corrected chi connectivity index (χ4v) is 3.14. The van der Waals surface area contributed by atoms with Crippen molar-refractivity contribution < 1.29 is 14.2 Å². The SMILES string of the molecule is COCCCN1c2cc(I)ccc2OC(C)(C)C1OC. The number of anilines is 1. The molecule has 0 spiro atoms. The van der Waals surface area contributed by atoms with Gasteiger partial charge in [-0.15, -0.1) is 0 Å². The van der Waals surface area contributed by atoms with E-state index in [1.807, 2.05) is 6.07 Å². The van der Waals surface area contributed by atoms with Crippen LogP contribution in [0.25, 0.3) is 0 Å². The second-order valence-corrected chi connectivity index (χ2v) is 6.69. The Balaban J connectivity index is 2.34. The van der Waals surface area contributed by atoms with E-state index in [9.17, 15) is 0 Å². The molecule has 0 N–H and O–H groups in total. The van der Waals surface area contributed by atoms with Gasteiger partial charge in [0, 0.05) is 30.9 Å². The monoisotopic (exact) mass is 391 g/mol. The van der Waals surface area contributed by atoms with E-state index in [2.05, 4.69) is 53.5 Å². The van der Waals surface area contributed by atoms with Gasteiger partial charge in [-0.05, 0) is 61.1 Å². The minimum Gasteiger partial charge on any atom is -0.481 e. The zero-order valence-electron chi connectivity index (χ0n) is 12.5. The largest absolute Gasteiger partial charge is 0.481 e. The van der Waals surface area contributed by atoms with Gasteiger partial charge in [0.25, 0.3) is 0 Å². The summed E-state index contributed by atoms with van der Waals surface area (Å²) in [7, 11) is 3.46. The number of fused-ring (bicyclic) bond motifs is 1. The standard InChI is InChI=1S/C15H22INO3/c1-15(2)14(19-4)17(8-5-9-18-3)12-10-11(16)6-7-13(12)20-15/h6-7,10,14H,5,8-9H2,1-4H3. The molecule has 20 heavy (non-hydrogen) atoms. The normalized spacial score (nSPS) is 20.4. The first-order valence-corrected chi connectivity index (χ1v) is 7.84. The Labute approximate surface area is 134 Å². The van der Waals surface area contributed by atoms with Gasteiger partial charge < -0.3 is 19.1 Å². The summed E-state index contributed by atoms with van der Waals surface area (Å²) in [6.45, 7) is 5.75. The molecule has 0 fully saturated rings. The molecule has 0 bridgehead atoms. The highest BCUT2D eigenvalue weighted by Crippen LogP contribution is 2.41. The lowest BCUT2D eigenvalue weighted by molar-refractivity contribution is -0.0640. The van der Waals surface area contributed by atoms with Crippen LogP contribution in [0.4, 0.5) is 5.69 Å². The molecule has 0 radical (unpaired) electrons. The van der Waals surface area contributed by atoms with Crippen LogP contribution in [-0.2, 0) is 9.47 Å². The van der Waals surface area contributed by atoms with Gasteiger partial charge in [0.05, 0.1) is 5.69 Å². The lowest BCUT2D eigenvalue weighted by Crippen LogP contribution is -2.57. The molecule has 1 aliphatic rings. The van der Waals surface area contributed by atoms with E-state index in [1.165, 1.54) is 3.57 Å². The second kappa shape index (κ2) is 6.49. The molecule has 0 saturated carbocycles. The Bertz CT molecular complexity index is 464. The van der Waals surface area contributed by atoms with Crippen LogP contribution in [0.3, 0.4) is 0 Å². The van der Waals surface area contributed by atoms with E-state index >= 15 is 0 Å². The molecule has 0 aliphatic carbocycles. The van der Waals surface area contributed by atoms with E-state index in [0.717, 1.165) is 31.0 Å². The summed E-state index contributed by atoms with van der Waals surface area (Å²) in [6.07, 6.45) is 0.849. The van der Waals surface area contributed by atoms with Crippen molar-refractivity contribution in [1.29, 1.82) is 0 Å². The van der Waals surface area contributed by atoms with E-state index in [1.54, 1.807) is 14.2 Å². The predicted octanol–water partition coefficient (Wildman–Crippen LogP) is 3.28. The van der Waals surface area contributed by atoms with Crippen molar-refractivity contribution in [3.05, 3.63) is 21.8 Å². The van der Waals surface area contributed by atoms with Crippen LogP contribution in [0.2, 0.25) is 0 Å². The van der Waals surface area contributed by atoms with Gasteiger partial charge in [0.2, 0.25) is 0 Å². The summed E-state index contributed by atoms with van der Waals surface area (Å²) in [5.41, 5.74) is 0.709. The molecule has 1 aliphatic heterocycles. The van der Waals surface area contributed by atoms with Crippen molar-refractivity contribution in [3.63, 3.8) is 0 Å². The maximum atomic E-state index is 6.11. The van der Waals surface area contributed by atoms with Gasteiger partial charge in [-0.2, -0.15) is 0 Å². The molecule has 0 saturated heterocycles. The first kappa shape index (κ1) is 15.9. The first-order valence-electron chi connectivity index (χ1n) is 6.76. The molecular weight excluding hydrogens is 369 g/mol. The van der Waals surface area contributed by atoms with Crippen LogP contribution in [0.15, 0.2) is 18.2 Å². The van der Waals surface area contributed by atoms with Gasteiger partial charge in [-0.3, -0.25) is 0 Å². The van der Waals surface area contributed by atoms with E-state index in [0.29, 0.717) is 0 Å². The summed E-state index contributed by atoms with van der Waals surface area (Å²) in [5, 5.41) is 0. The molecule has 1 atom stereocenters. The fraction of sp³-hybridized carbons (Fsp3) is 0.600. The average molecular weight is 391 g/mol. The third kappa shape index (κ3) is 3.20. The third-order valence-corrected chi connectivity index (χ3v) is 4.12. The number of rotatable bonds is 5. The summed E-state index contributed by atoms with van der Waals surface area (Å²) in [6, 6.07) is 6.24. The second-order valence-electron chi connectivity index (χ2n) is 5.45. The van der Waals surface area contributed by atoms with Gasteiger partial charge >= 0.3 is 0 Å². The number of ether oxygens (including phenoxy) is 3. The minimum absolute atomic E-state index is 0.106. The molecular formula is C15H22INO3. The number of hydrogen-bond donors (Lipinski definition) is 0. The van der Waals surface area contributed by atoms with Crippen molar-refractivity contribution in [2.24, 2.45) is 0 Å². The summed E-state index contributed by atoms with van der Waals surface area (Å²) in [5.74, 6) is 0.918. The molecule has 112 valence electrons. The number of hydrogen-bond acceptors (Lipinski definition) is 4. The number of halogens is 1. The number of nitrogens with zero attached hydrogens (tertiary/aromatic N) is 1. The molecule has 1 heterocycles. The maximum absolute atomic E-state index is 6.11. The smallest absolute Gasteiger partial charge is 0.169 e. The van der Waals surface area contributed by atoms with Crippen molar-refractivity contribution in [1.82, 2.24) is 0 Å². The molecule has 4 nitrogen and oxygen atoms in total. The fourth-order valence-electron chi connectivity index (χ4n) is 2.66. The molecule has 1 aromatic rings. The van der Waals surface area contributed by atoms with E-state index in [4.69, 9.17) is 14.2 Å². The molecule has 1 aromatic carbocycles. The van der Waals surface area contributed by atoms with Crippen molar-refractivity contribution in [3.8, 4) is 5.75 Å². The Morgan fingerprint density at radius 3 is 2.75 bits per heavy atom. The van der Waals surface area contributed by atoms with Crippen molar-refractivity contribution >= 4 is 28.3 Å². The third-order valence-electron chi connectivity index (χ3n) is 3.45. The van der Waals surface area contributed by atoms with Crippen molar-refractivity contribution in [2.45, 2.75) is 32.1 Å². The van der Waals surface area contributed by atoms with Gasteiger partial charge in [0.15, 0.2) is 6.23 Å². The van der Waals surface area contributed by atoms with Crippen LogP contribution in [0.1, 0.15) is 20.3 Å². The Hall–Kier alpha value is -0.530. The summed E-state index contributed by atoms with van der Waals surface area (Å²) in [4.78, 5) is 2.28. The summed E-state index contributed by atoms with van der Waals surface area (Å²) >= 11 is 2.32. The summed E-state index contributed by atoms with van der Waals surface area (Å²) < 4.78 is 18.2. The Kier molecular flexibility index (Phi) is 5.14. The maximum Gasteiger partial charge on any atom is 0.169 e. The van der Waals surface area contributed by atoms with Crippen LogP contribution >= 0.6 is 22.6 Å². The number of benzene rings is 1. The first-order chi connectivity index (χ1) is 9.49. The lowest BCUT2D eigenvalue weighted by Gasteiger charge is -2.47. The quantitative estimate of drug-likeness (QED) is 0.570. The Morgan fingerprint density at radius 2 is 2.10 bits per heavy atom. The van der Waals surface area contributed by atoms with Crippen LogP contribution in [0.5, 0.6) is 5.75 Å². The van der Waals surface area contributed by atoms with E-state index < -0.39 is 0 Å².